The van der Waals surface area contributed by atoms with E-state index >= 15 is 0 Å². The quantitative estimate of drug-likeness (QED) is 0.0391. The molecule has 0 radical (unpaired) electrons. The minimum Gasteiger partial charge on any atom is -0.391 e. The Morgan fingerprint density at radius 3 is 1.51 bits per heavy atom. The highest BCUT2D eigenvalue weighted by atomic mass is 32.2. The second-order valence-electron chi connectivity index (χ2n) is 12.5. The predicted molar refractivity (Wildman–Crippen MR) is 184 cm³/mol. The average molecular weight is 628 g/mol. The van der Waals surface area contributed by atoms with Gasteiger partial charge in [-0.1, -0.05) is 154 Å². The lowest BCUT2D eigenvalue weighted by Gasteiger charge is -2.23. The van der Waals surface area contributed by atoms with Crippen LogP contribution in [0.1, 0.15) is 181 Å². The molecule has 0 aliphatic carbocycles. The predicted octanol–water partition coefficient (Wildman–Crippen LogP) is 10.0. The Kier molecular flexibility index (Phi) is 30.0. The highest BCUT2D eigenvalue weighted by Gasteiger charge is 2.26. The van der Waals surface area contributed by atoms with Gasteiger partial charge in [-0.2, -0.15) is 8.42 Å². The molecule has 0 spiro atoms. The largest absolute Gasteiger partial charge is 0.391 e. The number of aliphatic hydroxyl groups is 1. The van der Waals surface area contributed by atoms with Gasteiger partial charge in [0.2, 0.25) is 5.91 Å². The van der Waals surface area contributed by atoms with Crippen molar-refractivity contribution in [2.24, 2.45) is 0 Å². The van der Waals surface area contributed by atoms with Crippen molar-refractivity contribution in [2.45, 2.75) is 193 Å². The molecule has 0 saturated carbocycles. The molecule has 0 aromatic carbocycles. The fraction of sp³-hybridized carbons (Fsp3) is 0.861. The fourth-order valence-corrected chi connectivity index (χ4v) is 6.18. The number of carbonyl (C=O) groups excluding carboxylic acids is 1. The Labute approximate surface area is 266 Å². The summed E-state index contributed by atoms with van der Waals surface area (Å²) >= 11 is 0. The second kappa shape index (κ2) is 30.8. The lowest BCUT2D eigenvalue weighted by atomic mass is 10.0. The molecule has 0 aliphatic heterocycles. The van der Waals surface area contributed by atoms with Crippen molar-refractivity contribution in [3.8, 4) is 0 Å². The fourth-order valence-electron chi connectivity index (χ4n) is 5.42. The van der Waals surface area contributed by atoms with E-state index in [-0.39, 0.29) is 5.91 Å². The van der Waals surface area contributed by atoms with E-state index < -0.39 is 28.0 Å². The summed E-state index contributed by atoms with van der Waals surface area (Å²) in [7, 11) is -4.29. The van der Waals surface area contributed by atoms with Gasteiger partial charge in [-0.3, -0.25) is 9.35 Å². The van der Waals surface area contributed by atoms with Crippen molar-refractivity contribution in [3.05, 3.63) is 24.3 Å². The first-order chi connectivity index (χ1) is 20.8. The molecule has 1 amide bonds. The van der Waals surface area contributed by atoms with Crippen LogP contribution in [0.4, 0.5) is 0 Å². The zero-order valence-electron chi connectivity index (χ0n) is 28.1. The summed E-state index contributed by atoms with van der Waals surface area (Å²) in [4.78, 5) is 12.4. The molecule has 43 heavy (non-hydrogen) atoms. The number of amides is 1. The van der Waals surface area contributed by atoms with Crippen molar-refractivity contribution in [3.63, 3.8) is 0 Å². The van der Waals surface area contributed by atoms with Gasteiger partial charge in [-0.15, -0.1) is 0 Å². The van der Waals surface area contributed by atoms with Crippen LogP contribution in [0.2, 0.25) is 0 Å². The van der Waals surface area contributed by atoms with E-state index in [4.69, 9.17) is 0 Å². The maximum absolute atomic E-state index is 12.4. The highest BCUT2D eigenvalue weighted by Crippen LogP contribution is 2.14. The first kappa shape index (κ1) is 41.8. The molecule has 0 fully saturated rings. The van der Waals surface area contributed by atoms with Crippen LogP contribution in [-0.2, 0) is 14.9 Å². The van der Waals surface area contributed by atoms with E-state index in [1.165, 1.54) is 96.3 Å². The minimum absolute atomic E-state index is 0.255. The van der Waals surface area contributed by atoms with E-state index in [2.05, 4.69) is 43.5 Å². The third kappa shape index (κ3) is 32.0. The monoisotopic (exact) mass is 627 g/mol. The summed E-state index contributed by atoms with van der Waals surface area (Å²) in [5, 5.41) is 13.1. The van der Waals surface area contributed by atoms with Crippen LogP contribution in [0, 0.1) is 0 Å². The van der Waals surface area contributed by atoms with Gasteiger partial charge in [0.05, 0.1) is 17.9 Å². The molecule has 3 N–H and O–H groups in total. The minimum atomic E-state index is -4.29. The topological polar surface area (TPSA) is 104 Å². The molecular formula is C36H69NO5S. The van der Waals surface area contributed by atoms with Crippen molar-refractivity contribution in [2.75, 3.05) is 5.75 Å². The zero-order chi connectivity index (χ0) is 31.9. The van der Waals surface area contributed by atoms with Crippen LogP contribution >= 0.6 is 0 Å². The average Bonchev–Trinajstić information content (AvgIpc) is 2.96. The number of hydrogen-bond acceptors (Lipinski definition) is 4. The van der Waals surface area contributed by atoms with E-state index in [1.54, 1.807) is 0 Å². The van der Waals surface area contributed by atoms with Crippen LogP contribution in [0.25, 0.3) is 0 Å². The van der Waals surface area contributed by atoms with Gasteiger partial charge in [-0.25, -0.2) is 0 Å². The lowest BCUT2D eigenvalue weighted by molar-refractivity contribution is -0.122. The maximum Gasteiger partial charge on any atom is 0.266 e. The van der Waals surface area contributed by atoms with Gasteiger partial charge in [-0.05, 0) is 44.9 Å². The highest BCUT2D eigenvalue weighted by molar-refractivity contribution is 7.85. The second-order valence-corrected chi connectivity index (χ2v) is 14.0. The van der Waals surface area contributed by atoms with Crippen molar-refractivity contribution < 1.29 is 22.9 Å². The smallest absolute Gasteiger partial charge is 0.266 e. The molecule has 2 unspecified atom stereocenters. The molecule has 2 atom stereocenters. The number of allylic oxidation sites excluding steroid dienone is 4. The Bertz CT molecular complexity index is 781. The Balaban J connectivity index is 3.70. The first-order valence-corrected chi connectivity index (χ1v) is 19.6. The van der Waals surface area contributed by atoms with Crippen molar-refractivity contribution >= 4 is 16.0 Å². The summed E-state index contributed by atoms with van der Waals surface area (Å²) in [6, 6.07) is -0.966. The molecule has 0 saturated heterocycles. The van der Waals surface area contributed by atoms with Crippen LogP contribution in [0.15, 0.2) is 24.3 Å². The third-order valence-corrected chi connectivity index (χ3v) is 8.94. The van der Waals surface area contributed by atoms with E-state index in [0.29, 0.717) is 12.8 Å². The van der Waals surface area contributed by atoms with E-state index in [0.717, 1.165) is 57.8 Å². The Hall–Kier alpha value is -1.18. The number of nitrogens with one attached hydrogen (secondary N) is 1. The molecule has 0 aromatic rings. The molecule has 0 rings (SSSR count). The molecule has 0 heterocycles. The number of carbonyl (C=O) groups is 1. The number of rotatable bonds is 32. The number of hydrogen-bond donors (Lipinski definition) is 3. The standard InChI is InChI=1S/C36H69NO5S/c1-3-5-7-9-10-11-12-13-14-15-16-17-18-19-20-21-22-23-24-25-26-28-30-32-36(39)37-34(33-43(40,41)42)35(38)31-29-27-8-6-4-2/h12-13,15-16,34-35,38H,3-11,14,17-33H2,1-2H3,(H,37,39)(H,40,41,42)/b13-12-,16-15-. The van der Waals surface area contributed by atoms with Crippen LogP contribution in [0.3, 0.4) is 0 Å². The van der Waals surface area contributed by atoms with Crippen molar-refractivity contribution in [1.29, 1.82) is 0 Å². The summed E-state index contributed by atoms with van der Waals surface area (Å²) in [5.41, 5.74) is 0. The van der Waals surface area contributed by atoms with E-state index in [1.807, 2.05) is 0 Å². The molecule has 0 bridgehead atoms. The van der Waals surface area contributed by atoms with Gasteiger partial charge in [0.25, 0.3) is 10.1 Å². The first-order valence-electron chi connectivity index (χ1n) is 18.0. The molecule has 0 aromatic heterocycles. The lowest BCUT2D eigenvalue weighted by Crippen LogP contribution is -2.47. The summed E-state index contributed by atoms with van der Waals surface area (Å²) in [6.07, 6.45) is 37.5. The third-order valence-electron chi connectivity index (χ3n) is 8.16. The molecule has 6 nitrogen and oxygen atoms in total. The summed E-state index contributed by atoms with van der Waals surface area (Å²) in [6.45, 7) is 4.39. The van der Waals surface area contributed by atoms with Gasteiger partial charge in [0.15, 0.2) is 0 Å². The van der Waals surface area contributed by atoms with Crippen LogP contribution in [0.5, 0.6) is 0 Å². The molecule has 0 aliphatic rings. The molecule has 254 valence electrons. The summed E-state index contributed by atoms with van der Waals surface area (Å²) < 4.78 is 32.1. The number of aliphatic hydroxyl groups excluding tert-OH is 1. The van der Waals surface area contributed by atoms with Gasteiger partial charge in [0.1, 0.15) is 0 Å². The summed E-state index contributed by atoms with van der Waals surface area (Å²) in [5.74, 6) is -0.905. The van der Waals surface area contributed by atoms with E-state index in [9.17, 15) is 22.9 Å². The molecular weight excluding hydrogens is 558 g/mol. The van der Waals surface area contributed by atoms with Gasteiger partial charge >= 0.3 is 0 Å². The van der Waals surface area contributed by atoms with Gasteiger partial charge < -0.3 is 10.4 Å². The van der Waals surface area contributed by atoms with Crippen molar-refractivity contribution in [1.82, 2.24) is 5.32 Å². The Morgan fingerprint density at radius 2 is 1.05 bits per heavy atom. The maximum atomic E-state index is 12.4. The SMILES string of the molecule is CCCCCCC/C=C\C/C=C\CCCCCCCCCCCCCC(=O)NC(CS(=O)(=O)O)C(O)CCCCCCC. The molecule has 7 heteroatoms. The van der Waals surface area contributed by atoms with Crippen LogP contribution < -0.4 is 5.32 Å². The normalized spacial score (nSPS) is 13.7. The Morgan fingerprint density at radius 1 is 0.628 bits per heavy atom. The zero-order valence-corrected chi connectivity index (χ0v) is 28.9. The number of unbranched alkanes of at least 4 members (excludes halogenated alkanes) is 20. The van der Waals surface area contributed by atoms with Gasteiger partial charge in [0, 0.05) is 6.42 Å². The van der Waals surface area contributed by atoms with Crippen LogP contribution in [-0.4, -0.2) is 41.9 Å².